The number of aromatic nitrogens is 1. The van der Waals surface area contributed by atoms with Crippen LogP contribution in [0.5, 0.6) is 0 Å². The fourth-order valence-electron chi connectivity index (χ4n) is 7.61. The van der Waals surface area contributed by atoms with Gasteiger partial charge in [0, 0.05) is 10.9 Å². The number of oxazole rings is 1. The molecule has 2 nitrogen and oxygen atoms in total. The molecule has 0 aliphatic carbocycles. The lowest BCUT2D eigenvalue weighted by Crippen LogP contribution is -1.91. The van der Waals surface area contributed by atoms with Gasteiger partial charge in [-0.3, -0.25) is 0 Å². The lowest BCUT2D eigenvalue weighted by atomic mass is 9.85. The Morgan fingerprint density at radius 1 is 0.347 bits per heavy atom. The molecule has 9 aromatic carbocycles. The van der Waals surface area contributed by atoms with Gasteiger partial charge in [-0.1, -0.05) is 152 Å². The molecule has 2 heteroatoms. The summed E-state index contributed by atoms with van der Waals surface area (Å²) in [5.74, 6) is 0.643. The summed E-state index contributed by atoms with van der Waals surface area (Å²) in [4.78, 5) is 5.02. The Morgan fingerprint density at radius 3 is 1.49 bits per heavy atom. The average molecular weight is 624 g/mol. The minimum Gasteiger partial charge on any atom is -0.436 e. The fraction of sp³-hybridized carbons (Fsp3) is 0. The maximum atomic E-state index is 6.27. The maximum absolute atomic E-state index is 6.27. The molecule has 0 spiro atoms. The van der Waals surface area contributed by atoms with E-state index in [1.54, 1.807) is 0 Å². The molecule has 1 aromatic heterocycles. The second kappa shape index (κ2) is 11.0. The SMILES string of the molecule is c1ccc(-c2ccc(-c3c4ccccc4c(-c4ccc5c(ccc6ccc7oc(-c8ccccc8)nc7c65)c4)c4ccccc34)cc2)cc1. The van der Waals surface area contributed by atoms with E-state index in [1.807, 2.05) is 36.4 Å². The number of fused-ring (bicyclic) bond motifs is 7. The van der Waals surface area contributed by atoms with Crippen LogP contribution in [-0.4, -0.2) is 4.98 Å². The summed E-state index contributed by atoms with van der Waals surface area (Å²) in [5.41, 5.74) is 10.1. The van der Waals surface area contributed by atoms with E-state index in [1.165, 1.54) is 65.7 Å². The van der Waals surface area contributed by atoms with E-state index in [4.69, 9.17) is 9.40 Å². The Labute approximate surface area is 283 Å². The van der Waals surface area contributed by atoms with Crippen molar-refractivity contribution >= 4 is 54.2 Å². The van der Waals surface area contributed by atoms with Crippen LogP contribution in [0.25, 0.3) is 99.0 Å². The Morgan fingerprint density at radius 2 is 0.837 bits per heavy atom. The third kappa shape index (κ3) is 4.46. The molecule has 228 valence electrons. The number of hydrogen-bond donors (Lipinski definition) is 0. The van der Waals surface area contributed by atoms with Crippen molar-refractivity contribution in [2.24, 2.45) is 0 Å². The van der Waals surface area contributed by atoms with E-state index in [9.17, 15) is 0 Å². The average Bonchev–Trinajstić information content (AvgIpc) is 3.62. The maximum Gasteiger partial charge on any atom is 0.227 e. The highest BCUT2D eigenvalue weighted by molar-refractivity contribution is 6.23. The number of hydrogen-bond acceptors (Lipinski definition) is 2. The molecular weight excluding hydrogens is 595 g/mol. The second-order valence-corrected chi connectivity index (χ2v) is 12.7. The van der Waals surface area contributed by atoms with Crippen molar-refractivity contribution in [2.45, 2.75) is 0 Å². The van der Waals surface area contributed by atoms with Crippen LogP contribution < -0.4 is 0 Å². The molecule has 49 heavy (non-hydrogen) atoms. The van der Waals surface area contributed by atoms with Gasteiger partial charge in [0.1, 0.15) is 5.52 Å². The first-order valence-electron chi connectivity index (χ1n) is 16.7. The lowest BCUT2D eigenvalue weighted by Gasteiger charge is -2.18. The van der Waals surface area contributed by atoms with Gasteiger partial charge < -0.3 is 4.42 Å². The van der Waals surface area contributed by atoms with Gasteiger partial charge in [-0.25, -0.2) is 4.98 Å². The summed E-state index contributed by atoms with van der Waals surface area (Å²) < 4.78 is 6.27. The van der Waals surface area contributed by atoms with Gasteiger partial charge in [0.15, 0.2) is 5.58 Å². The monoisotopic (exact) mass is 623 g/mol. The van der Waals surface area contributed by atoms with Gasteiger partial charge in [0.05, 0.1) is 0 Å². The Kier molecular flexibility index (Phi) is 6.22. The van der Waals surface area contributed by atoms with Crippen molar-refractivity contribution in [2.75, 3.05) is 0 Å². The van der Waals surface area contributed by atoms with E-state index in [0.29, 0.717) is 5.89 Å². The summed E-state index contributed by atoms with van der Waals surface area (Å²) in [6, 6.07) is 62.9. The first-order valence-corrected chi connectivity index (χ1v) is 16.7. The molecule has 0 amide bonds. The molecule has 0 unspecified atom stereocenters. The highest BCUT2D eigenvalue weighted by Gasteiger charge is 2.18. The van der Waals surface area contributed by atoms with Crippen LogP contribution in [0.1, 0.15) is 0 Å². The summed E-state index contributed by atoms with van der Waals surface area (Å²) in [7, 11) is 0. The van der Waals surface area contributed by atoms with Crippen molar-refractivity contribution in [3.05, 3.63) is 176 Å². The molecule has 0 atom stereocenters. The minimum absolute atomic E-state index is 0.643. The highest BCUT2D eigenvalue weighted by atomic mass is 16.3. The van der Waals surface area contributed by atoms with E-state index in [0.717, 1.165) is 27.4 Å². The van der Waals surface area contributed by atoms with Crippen LogP contribution in [-0.2, 0) is 0 Å². The quantitative estimate of drug-likeness (QED) is 0.144. The van der Waals surface area contributed by atoms with Gasteiger partial charge in [-0.15, -0.1) is 0 Å². The summed E-state index contributed by atoms with van der Waals surface area (Å²) >= 11 is 0. The number of nitrogens with zero attached hydrogens (tertiary/aromatic N) is 1. The van der Waals surface area contributed by atoms with Crippen molar-refractivity contribution in [1.82, 2.24) is 4.98 Å². The Hall–Kier alpha value is -6.51. The molecule has 0 radical (unpaired) electrons. The van der Waals surface area contributed by atoms with Crippen LogP contribution >= 0.6 is 0 Å². The molecule has 0 N–H and O–H groups in total. The molecule has 1 heterocycles. The zero-order chi connectivity index (χ0) is 32.3. The van der Waals surface area contributed by atoms with Crippen LogP contribution in [0.3, 0.4) is 0 Å². The molecule has 10 rings (SSSR count). The van der Waals surface area contributed by atoms with Gasteiger partial charge in [-0.05, 0) is 95.3 Å². The van der Waals surface area contributed by atoms with Crippen LogP contribution in [0.4, 0.5) is 0 Å². The summed E-state index contributed by atoms with van der Waals surface area (Å²) in [6.45, 7) is 0. The topological polar surface area (TPSA) is 26.0 Å². The molecule has 0 bridgehead atoms. The molecule has 10 aromatic rings. The zero-order valence-electron chi connectivity index (χ0n) is 26.6. The van der Waals surface area contributed by atoms with E-state index >= 15 is 0 Å². The largest absolute Gasteiger partial charge is 0.436 e. The predicted octanol–water partition coefficient (Wildman–Crippen LogP) is 13.1. The highest BCUT2D eigenvalue weighted by Crippen LogP contribution is 2.45. The fourth-order valence-corrected chi connectivity index (χ4v) is 7.61. The Bertz CT molecular complexity index is 2790. The van der Waals surface area contributed by atoms with Gasteiger partial charge in [-0.2, -0.15) is 0 Å². The minimum atomic E-state index is 0.643. The summed E-state index contributed by atoms with van der Waals surface area (Å²) in [5, 5.41) is 9.61. The lowest BCUT2D eigenvalue weighted by molar-refractivity contribution is 0.620. The summed E-state index contributed by atoms with van der Waals surface area (Å²) in [6.07, 6.45) is 0. The van der Waals surface area contributed by atoms with Crippen molar-refractivity contribution < 1.29 is 4.42 Å². The molecule has 0 aliphatic rings. The van der Waals surface area contributed by atoms with E-state index < -0.39 is 0 Å². The molecular formula is C47H29NO. The number of benzene rings is 9. The van der Waals surface area contributed by atoms with Gasteiger partial charge in [0.2, 0.25) is 5.89 Å². The smallest absolute Gasteiger partial charge is 0.227 e. The Balaban J connectivity index is 1.17. The molecule has 0 aliphatic heterocycles. The van der Waals surface area contributed by atoms with Crippen molar-refractivity contribution in [3.8, 4) is 44.8 Å². The molecule has 0 saturated heterocycles. The first-order chi connectivity index (χ1) is 24.3. The van der Waals surface area contributed by atoms with Crippen LogP contribution in [0.2, 0.25) is 0 Å². The van der Waals surface area contributed by atoms with Crippen LogP contribution in [0.15, 0.2) is 180 Å². The van der Waals surface area contributed by atoms with Crippen LogP contribution in [0, 0.1) is 0 Å². The first kappa shape index (κ1) is 27.6. The van der Waals surface area contributed by atoms with Crippen molar-refractivity contribution in [3.63, 3.8) is 0 Å². The molecule has 0 fully saturated rings. The normalized spacial score (nSPS) is 11.7. The van der Waals surface area contributed by atoms with Gasteiger partial charge >= 0.3 is 0 Å². The zero-order valence-corrected chi connectivity index (χ0v) is 26.6. The van der Waals surface area contributed by atoms with Crippen molar-refractivity contribution in [1.29, 1.82) is 0 Å². The standard InChI is InChI=1S/C47H29NO/c1-3-11-30(12-4-1)31-19-21-32(22-20-31)43-38-15-7-9-17-40(38)44(41-18-10-8-16-39(41)43)36-25-27-37-35(29-36)24-23-33-26-28-42-46(45(33)37)48-47(49-42)34-13-5-2-6-14-34/h1-29H. The van der Waals surface area contributed by atoms with E-state index in [-0.39, 0.29) is 0 Å². The second-order valence-electron chi connectivity index (χ2n) is 12.7. The van der Waals surface area contributed by atoms with Gasteiger partial charge in [0.25, 0.3) is 0 Å². The predicted molar refractivity (Wildman–Crippen MR) is 206 cm³/mol. The number of rotatable bonds is 4. The van der Waals surface area contributed by atoms with E-state index in [2.05, 4.69) is 140 Å². The third-order valence-corrected chi connectivity index (χ3v) is 9.88. The molecule has 0 saturated carbocycles. The third-order valence-electron chi connectivity index (χ3n) is 9.88.